The third-order valence-corrected chi connectivity index (χ3v) is 13.8. The summed E-state index contributed by atoms with van der Waals surface area (Å²) in [4.78, 5) is 15.5. The van der Waals surface area contributed by atoms with E-state index in [-0.39, 0.29) is 0 Å². The van der Waals surface area contributed by atoms with Crippen molar-refractivity contribution in [1.82, 2.24) is 19.5 Å². The highest BCUT2D eigenvalue weighted by Gasteiger charge is 2.23. The Morgan fingerprint density at radius 2 is 0.984 bits per heavy atom. The molecule has 0 aliphatic carbocycles. The Hall–Kier alpha value is -8.39. The van der Waals surface area contributed by atoms with Gasteiger partial charge in [0.05, 0.1) is 16.7 Å². The van der Waals surface area contributed by atoms with Gasteiger partial charge in [0.25, 0.3) is 0 Å². The van der Waals surface area contributed by atoms with Crippen molar-refractivity contribution >= 4 is 97.2 Å². The van der Waals surface area contributed by atoms with E-state index in [1.54, 1.807) is 0 Å². The lowest BCUT2D eigenvalue weighted by molar-refractivity contribution is 0.668. The molecule has 0 radical (unpaired) electrons. The largest absolute Gasteiger partial charge is 0.456 e. The smallest absolute Gasteiger partial charge is 0.164 e. The van der Waals surface area contributed by atoms with Gasteiger partial charge in [-0.1, -0.05) is 127 Å². The average Bonchev–Trinajstić information content (AvgIpc) is 4.12. The van der Waals surface area contributed by atoms with Gasteiger partial charge in [0.15, 0.2) is 17.5 Å². The molecule has 0 spiro atoms. The van der Waals surface area contributed by atoms with Crippen LogP contribution >= 0.6 is 11.3 Å². The van der Waals surface area contributed by atoms with Crippen LogP contribution < -0.4 is 0 Å². The number of aromatic nitrogens is 4. The number of furan rings is 2. The molecule has 14 aromatic rings. The van der Waals surface area contributed by atoms with Crippen LogP contribution in [-0.2, 0) is 0 Å². The lowest BCUT2D eigenvalue weighted by atomic mass is 9.95. The van der Waals surface area contributed by atoms with Gasteiger partial charge in [-0.05, 0) is 72.3 Å². The van der Waals surface area contributed by atoms with Crippen molar-refractivity contribution in [3.63, 3.8) is 0 Å². The first-order chi connectivity index (χ1) is 31.7. The first kappa shape index (κ1) is 35.2. The van der Waals surface area contributed by atoms with E-state index in [2.05, 4.69) is 132 Å². The fourth-order valence-corrected chi connectivity index (χ4v) is 11.0. The molecule has 0 N–H and O–H groups in total. The van der Waals surface area contributed by atoms with Crippen LogP contribution in [0.3, 0.4) is 0 Å². The second-order valence-corrected chi connectivity index (χ2v) is 17.4. The van der Waals surface area contributed by atoms with Crippen LogP contribution in [0, 0.1) is 0 Å². The quantitative estimate of drug-likeness (QED) is 0.173. The highest BCUT2D eigenvalue weighted by Crippen LogP contribution is 2.47. The molecule has 0 aliphatic rings. The standard InChI is InChI=1S/C57H32N4O2S/c1-2-13-33(14-3-1)55-58-56(35-25-27-39-38-17-6-10-22-46(38)63-49(39)32-35)60-57(59-55)41-19-12-23-48-53(41)42-31-34(26-29-47(42)62-48)52-45(28-30-51-54(52)40-18-7-11-24-50(40)64-51)61-43-20-8-4-15-36(43)37-16-5-9-21-44(37)61/h1-32H. The molecule has 5 heterocycles. The number of rotatable bonds is 5. The van der Waals surface area contributed by atoms with E-state index in [0.29, 0.717) is 17.5 Å². The van der Waals surface area contributed by atoms with Gasteiger partial charge in [0, 0.05) is 74.7 Å². The van der Waals surface area contributed by atoms with Crippen molar-refractivity contribution in [2.45, 2.75) is 0 Å². The minimum absolute atomic E-state index is 0.559. The van der Waals surface area contributed by atoms with Crippen molar-refractivity contribution in [3.8, 4) is 51.0 Å². The van der Waals surface area contributed by atoms with E-state index in [1.807, 2.05) is 78.1 Å². The summed E-state index contributed by atoms with van der Waals surface area (Å²) in [5.74, 6) is 1.70. The summed E-state index contributed by atoms with van der Waals surface area (Å²) in [5.41, 5.74) is 11.5. The van der Waals surface area contributed by atoms with Crippen LogP contribution in [0.5, 0.6) is 0 Å². The number of benzene rings is 9. The van der Waals surface area contributed by atoms with E-state index in [1.165, 1.54) is 47.5 Å². The van der Waals surface area contributed by atoms with E-state index >= 15 is 0 Å². The summed E-state index contributed by atoms with van der Waals surface area (Å²) in [6.45, 7) is 0. The second kappa shape index (κ2) is 13.6. The lowest BCUT2D eigenvalue weighted by Gasteiger charge is -2.16. The molecule has 0 amide bonds. The first-order valence-electron chi connectivity index (χ1n) is 21.3. The Balaban J connectivity index is 1.02. The van der Waals surface area contributed by atoms with Crippen molar-refractivity contribution in [3.05, 3.63) is 194 Å². The number of nitrogens with zero attached hydrogens (tertiary/aromatic N) is 4. The molecule has 7 heteroatoms. The van der Waals surface area contributed by atoms with E-state index in [0.717, 1.165) is 71.8 Å². The number of hydrogen-bond donors (Lipinski definition) is 0. The zero-order valence-corrected chi connectivity index (χ0v) is 34.8. The van der Waals surface area contributed by atoms with Gasteiger partial charge in [0.1, 0.15) is 22.3 Å². The van der Waals surface area contributed by atoms with Gasteiger partial charge in [-0.3, -0.25) is 0 Å². The molecule has 0 fully saturated rings. The van der Waals surface area contributed by atoms with E-state index in [4.69, 9.17) is 23.8 Å². The molecule has 298 valence electrons. The first-order valence-corrected chi connectivity index (χ1v) is 22.2. The lowest BCUT2D eigenvalue weighted by Crippen LogP contribution is -2.00. The van der Waals surface area contributed by atoms with E-state index in [9.17, 15) is 0 Å². The Kier molecular flexibility index (Phi) is 7.46. The number of thiophene rings is 1. The second-order valence-electron chi connectivity index (χ2n) is 16.3. The van der Waals surface area contributed by atoms with Crippen LogP contribution in [0.15, 0.2) is 203 Å². The summed E-state index contributed by atoms with van der Waals surface area (Å²) in [6, 6.07) is 68.0. The molecule has 64 heavy (non-hydrogen) atoms. The summed E-state index contributed by atoms with van der Waals surface area (Å²) < 4.78 is 17.9. The molecule has 14 rings (SSSR count). The highest BCUT2D eigenvalue weighted by atomic mass is 32.1. The molecule has 0 unspecified atom stereocenters. The molecular formula is C57H32N4O2S. The number of fused-ring (bicyclic) bond motifs is 12. The predicted octanol–water partition coefficient (Wildman–Crippen LogP) is 15.8. The van der Waals surface area contributed by atoms with Crippen LogP contribution in [0.4, 0.5) is 0 Å². The van der Waals surface area contributed by atoms with Crippen LogP contribution in [0.2, 0.25) is 0 Å². The molecule has 9 aromatic carbocycles. The fourth-order valence-electron chi connectivity index (χ4n) is 9.84. The minimum Gasteiger partial charge on any atom is -0.456 e. The van der Waals surface area contributed by atoms with Crippen LogP contribution in [0.1, 0.15) is 0 Å². The predicted molar refractivity (Wildman–Crippen MR) is 263 cm³/mol. The molecular weight excluding hydrogens is 805 g/mol. The minimum atomic E-state index is 0.559. The maximum atomic E-state index is 6.69. The topological polar surface area (TPSA) is 69.9 Å². The molecule has 0 saturated carbocycles. The molecule has 6 nitrogen and oxygen atoms in total. The average molecular weight is 837 g/mol. The summed E-state index contributed by atoms with van der Waals surface area (Å²) in [7, 11) is 0. The van der Waals surface area contributed by atoms with Crippen molar-refractivity contribution in [2.75, 3.05) is 0 Å². The monoisotopic (exact) mass is 836 g/mol. The maximum Gasteiger partial charge on any atom is 0.164 e. The Morgan fingerprint density at radius 1 is 0.359 bits per heavy atom. The molecule has 0 bridgehead atoms. The highest BCUT2D eigenvalue weighted by molar-refractivity contribution is 7.26. The SMILES string of the molecule is c1ccc(-c2nc(-c3ccc4c(c3)oc3ccccc34)nc(-c3cccc4oc5ccc(-c6c(-n7c8ccccc8c8ccccc87)ccc7sc8ccccc8c67)cc5c34)n2)cc1. The number of para-hydroxylation sites is 3. The maximum absolute atomic E-state index is 6.69. The van der Waals surface area contributed by atoms with Gasteiger partial charge in [0.2, 0.25) is 0 Å². The molecule has 5 aromatic heterocycles. The normalized spacial score (nSPS) is 12.1. The fraction of sp³-hybridized carbons (Fsp3) is 0. The van der Waals surface area contributed by atoms with Crippen molar-refractivity contribution in [2.24, 2.45) is 0 Å². The summed E-state index contributed by atoms with van der Waals surface area (Å²) in [5, 5.41) is 8.99. The molecule has 0 saturated heterocycles. The Labute approximate surface area is 368 Å². The van der Waals surface area contributed by atoms with Gasteiger partial charge >= 0.3 is 0 Å². The van der Waals surface area contributed by atoms with Gasteiger partial charge in [-0.25, -0.2) is 15.0 Å². The van der Waals surface area contributed by atoms with Crippen molar-refractivity contribution in [1.29, 1.82) is 0 Å². The van der Waals surface area contributed by atoms with Crippen LogP contribution in [-0.4, -0.2) is 19.5 Å². The zero-order chi connectivity index (χ0) is 41.9. The Bertz CT molecular complexity index is 4160. The summed E-state index contributed by atoms with van der Waals surface area (Å²) in [6.07, 6.45) is 0. The van der Waals surface area contributed by atoms with Crippen LogP contribution in [0.25, 0.3) is 137 Å². The van der Waals surface area contributed by atoms with Gasteiger partial charge in [-0.15, -0.1) is 11.3 Å². The number of hydrogen-bond acceptors (Lipinski definition) is 6. The van der Waals surface area contributed by atoms with Gasteiger partial charge < -0.3 is 13.4 Å². The third kappa shape index (κ3) is 5.22. The van der Waals surface area contributed by atoms with E-state index < -0.39 is 0 Å². The molecule has 0 atom stereocenters. The molecule has 0 aliphatic heterocycles. The van der Waals surface area contributed by atoms with Gasteiger partial charge in [-0.2, -0.15) is 0 Å². The van der Waals surface area contributed by atoms with Crippen molar-refractivity contribution < 1.29 is 8.83 Å². The Morgan fingerprint density at radius 3 is 1.81 bits per heavy atom. The summed E-state index contributed by atoms with van der Waals surface area (Å²) >= 11 is 1.84. The third-order valence-electron chi connectivity index (χ3n) is 12.7. The zero-order valence-electron chi connectivity index (χ0n) is 34.0.